The third kappa shape index (κ3) is 4.28. The largest absolute Gasteiger partial charge is 0.493 e. The quantitative estimate of drug-likeness (QED) is 0.541. The van der Waals surface area contributed by atoms with Crippen LogP contribution in [-0.4, -0.2) is 38.3 Å². The predicted octanol–water partition coefficient (Wildman–Crippen LogP) is 2.21. The molecule has 0 aliphatic carbocycles. The lowest BCUT2D eigenvalue weighted by Crippen LogP contribution is -2.33. The molecular weight excluding hydrogens is 258 g/mol. The van der Waals surface area contributed by atoms with Gasteiger partial charge in [0, 0.05) is 6.54 Å². The average Bonchev–Trinajstić information content (AvgIpc) is 2.47. The smallest absolute Gasteiger partial charge is 0.283 e. The van der Waals surface area contributed by atoms with Crippen LogP contribution in [0.3, 0.4) is 0 Å². The number of benzene rings is 1. The van der Waals surface area contributed by atoms with E-state index >= 15 is 0 Å². The van der Waals surface area contributed by atoms with Crippen LogP contribution >= 0.6 is 0 Å². The van der Waals surface area contributed by atoms with Gasteiger partial charge >= 0.3 is 0 Å². The van der Waals surface area contributed by atoms with Gasteiger partial charge in [0.2, 0.25) is 0 Å². The van der Waals surface area contributed by atoms with E-state index in [1.807, 2.05) is 25.1 Å². The normalized spacial score (nSPS) is 9.95. The summed E-state index contributed by atoms with van der Waals surface area (Å²) in [5, 5.41) is 1.23. The Hall–Kier alpha value is -2.01. The molecule has 0 spiro atoms. The highest BCUT2D eigenvalue weighted by molar-refractivity contribution is 5.76. The fourth-order valence-corrected chi connectivity index (χ4v) is 1.74. The highest BCUT2D eigenvalue weighted by atomic mass is 16.7. The van der Waals surface area contributed by atoms with Crippen LogP contribution in [-0.2, 0) is 16.1 Å². The lowest BCUT2D eigenvalue weighted by molar-refractivity contribution is -0.176. The van der Waals surface area contributed by atoms with Crippen molar-refractivity contribution in [2.24, 2.45) is 0 Å². The minimum Gasteiger partial charge on any atom is -0.493 e. The fourth-order valence-electron chi connectivity index (χ4n) is 1.74. The van der Waals surface area contributed by atoms with E-state index in [1.165, 1.54) is 12.2 Å². The summed E-state index contributed by atoms with van der Waals surface area (Å²) in [7, 11) is 3.02. The molecule has 0 radical (unpaired) electrons. The third-order valence-corrected chi connectivity index (χ3v) is 2.74. The Bertz CT molecular complexity index is 455. The number of nitrogens with zero attached hydrogens (tertiary/aromatic N) is 1. The van der Waals surface area contributed by atoms with Gasteiger partial charge in [-0.3, -0.25) is 9.63 Å². The van der Waals surface area contributed by atoms with Gasteiger partial charge in [-0.15, -0.1) is 6.58 Å². The van der Waals surface area contributed by atoms with E-state index in [1.54, 1.807) is 13.2 Å². The molecule has 1 aromatic rings. The average molecular weight is 279 g/mol. The molecule has 20 heavy (non-hydrogen) atoms. The molecule has 1 rings (SSSR count). The molecule has 1 amide bonds. The van der Waals surface area contributed by atoms with Crippen molar-refractivity contribution in [1.29, 1.82) is 0 Å². The third-order valence-electron chi connectivity index (χ3n) is 2.74. The van der Waals surface area contributed by atoms with E-state index in [-0.39, 0.29) is 12.5 Å². The summed E-state index contributed by atoms with van der Waals surface area (Å²) in [4.78, 5) is 16.7. The maximum atomic E-state index is 11.8. The summed E-state index contributed by atoms with van der Waals surface area (Å²) >= 11 is 0. The first-order valence-electron chi connectivity index (χ1n) is 6.41. The first-order chi connectivity index (χ1) is 9.65. The number of hydrogen-bond donors (Lipinski definition) is 0. The summed E-state index contributed by atoms with van der Waals surface area (Å²) in [6.07, 6.45) is 2.57. The predicted molar refractivity (Wildman–Crippen MR) is 76.8 cm³/mol. The number of ether oxygens (including phenoxy) is 2. The molecule has 0 heterocycles. The number of methoxy groups -OCH3 is 1. The Morgan fingerprint density at radius 1 is 1.35 bits per heavy atom. The van der Waals surface area contributed by atoms with Gasteiger partial charge in [0.1, 0.15) is 0 Å². The van der Waals surface area contributed by atoms with Gasteiger partial charge < -0.3 is 9.47 Å². The minimum atomic E-state index is -0.243. The maximum Gasteiger partial charge on any atom is 0.283 e. The summed E-state index contributed by atoms with van der Waals surface area (Å²) in [6.45, 7) is 5.89. The monoisotopic (exact) mass is 279 g/mol. The molecule has 0 aliphatic rings. The van der Waals surface area contributed by atoms with Crippen LogP contribution in [0.15, 0.2) is 30.9 Å². The Labute approximate surface area is 119 Å². The minimum absolute atomic E-state index is 0.0984. The number of rotatable bonds is 8. The van der Waals surface area contributed by atoms with E-state index in [4.69, 9.17) is 14.3 Å². The molecule has 1 aromatic carbocycles. The van der Waals surface area contributed by atoms with Gasteiger partial charge in [-0.1, -0.05) is 12.1 Å². The van der Waals surface area contributed by atoms with Crippen LogP contribution in [0, 0.1) is 0 Å². The van der Waals surface area contributed by atoms with Crippen LogP contribution in [0.1, 0.15) is 12.5 Å². The van der Waals surface area contributed by atoms with E-state index in [2.05, 4.69) is 6.58 Å². The van der Waals surface area contributed by atoms with Gasteiger partial charge in [0.05, 0.1) is 14.2 Å². The van der Waals surface area contributed by atoms with E-state index in [0.717, 1.165) is 12.0 Å². The lowest BCUT2D eigenvalue weighted by atomic mass is 10.1. The molecule has 0 bridgehead atoms. The van der Waals surface area contributed by atoms with Crippen LogP contribution < -0.4 is 9.47 Å². The van der Waals surface area contributed by atoms with Gasteiger partial charge in [-0.2, -0.15) is 0 Å². The summed E-state index contributed by atoms with van der Waals surface area (Å²) in [6, 6.07) is 5.57. The Balaban J connectivity index is 2.72. The second kappa shape index (κ2) is 8.22. The lowest BCUT2D eigenvalue weighted by Gasteiger charge is -2.18. The zero-order chi connectivity index (χ0) is 15.0. The van der Waals surface area contributed by atoms with E-state index in [0.29, 0.717) is 18.0 Å². The van der Waals surface area contributed by atoms with Crippen molar-refractivity contribution < 1.29 is 19.1 Å². The molecule has 0 saturated heterocycles. The van der Waals surface area contributed by atoms with E-state index in [9.17, 15) is 4.79 Å². The maximum absolute atomic E-state index is 11.8. The SMILES string of the molecule is C=CCc1ccc(OCC(=O)N(CC)OC)c(OC)c1. The van der Waals surface area contributed by atoms with Crippen molar-refractivity contribution >= 4 is 5.91 Å². The van der Waals surface area contributed by atoms with Crippen LogP contribution in [0.4, 0.5) is 0 Å². The molecule has 0 atom stereocenters. The summed E-state index contributed by atoms with van der Waals surface area (Å²) in [5.41, 5.74) is 1.07. The molecule has 5 heteroatoms. The number of likely N-dealkylation sites (N-methyl/N-ethyl adjacent to an activating group) is 1. The van der Waals surface area contributed by atoms with E-state index < -0.39 is 0 Å². The van der Waals surface area contributed by atoms with Crippen molar-refractivity contribution in [3.05, 3.63) is 36.4 Å². The van der Waals surface area contributed by atoms with Crippen LogP contribution in [0.25, 0.3) is 0 Å². The zero-order valence-corrected chi connectivity index (χ0v) is 12.2. The highest BCUT2D eigenvalue weighted by Crippen LogP contribution is 2.28. The Morgan fingerprint density at radius 2 is 2.10 bits per heavy atom. The molecule has 110 valence electrons. The molecular formula is C15H21NO4. The summed E-state index contributed by atoms with van der Waals surface area (Å²) in [5.74, 6) is 0.880. The molecule has 0 fully saturated rings. The van der Waals surface area contributed by atoms with Crippen molar-refractivity contribution in [3.63, 3.8) is 0 Å². The van der Waals surface area contributed by atoms with Crippen molar-refractivity contribution in [3.8, 4) is 11.5 Å². The number of allylic oxidation sites excluding steroid dienone is 1. The highest BCUT2D eigenvalue weighted by Gasteiger charge is 2.13. The topological polar surface area (TPSA) is 48.0 Å². The fraction of sp³-hybridized carbons (Fsp3) is 0.400. The van der Waals surface area contributed by atoms with Crippen molar-refractivity contribution in [2.45, 2.75) is 13.3 Å². The molecule has 0 aromatic heterocycles. The zero-order valence-electron chi connectivity index (χ0n) is 12.2. The Kier molecular flexibility index (Phi) is 6.59. The van der Waals surface area contributed by atoms with Crippen LogP contribution in [0.2, 0.25) is 0 Å². The van der Waals surface area contributed by atoms with Gasteiger partial charge in [0.15, 0.2) is 18.1 Å². The number of hydrogen-bond acceptors (Lipinski definition) is 4. The number of hydroxylamine groups is 2. The van der Waals surface area contributed by atoms with Crippen molar-refractivity contribution in [2.75, 3.05) is 27.4 Å². The van der Waals surface area contributed by atoms with Gasteiger partial charge in [-0.25, -0.2) is 5.06 Å². The van der Waals surface area contributed by atoms with Gasteiger partial charge in [-0.05, 0) is 31.0 Å². The second-order valence-electron chi connectivity index (χ2n) is 4.04. The van der Waals surface area contributed by atoms with Crippen molar-refractivity contribution in [1.82, 2.24) is 5.06 Å². The number of carbonyl (C=O) groups is 1. The first kappa shape index (κ1) is 16.0. The molecule has 0 aliphatic heterocycles. The summed E-state index contributed by atoms with van der Waals surface area (Å²) < 4.78 is 10.7. The second-order valence-corrected chi connectivity index (χ2v) is 4.04. The Morgan fingerprint density at radius 3 is 2.65 bits per heavy atom. The first-order valence-corrected chi connectivity index (χ1v) is 6.41. The standard InChI is InChI=1S/C15H21NO4/c1-5-7-12-8-9-13(14(10-12)18-3)20-11-15(17)16(6-2)19-4/h5,8-10H,1,6-7,11H2,2-4H3. The molecule has 5 nitrogen and oxygen atoms in total. The van der Waals surface area contributed by atoms with Gasteiger partial charge in [0.25, 0.3) is 5.91 Å². The molecule has 0 saturated carbocycles. The molecule has 0 unspecified atom stereocenters. The number of amides is 1. The molecule has 0 N–H and O–H groups in total. The van der Waals surface area contributed by atoms with Crippen LogP contribution in [0.5, 0.6) is 11.5 Å². The number of carbonyl (C=O) groups excluding carboxylic acids is 1.